The van der Waals surface area contributed by atoms with Crippen LogP contribution in [0.3, 0.4) is 0 Å². The third-order valence-electron chi connectivity index (χ3n) is 5.65. The van der Waals surface area contributed by atoms with Crippen LogP contribution in [0.25, 0.3) is 0 Å². The standard InChI is InChI=1S/C20H27N3O3/c1-20(25)8-10-26-14-17(20)18-3-2-9-23(18)13-19(24)22-12-16-6-4-15(11-21)5-7-16/h4-7,17-18,25H,2-3,8-10,12-14H2,1H3,(H,22,24). The third kappa shape index (κ3) is 4.42. The van der Waals surface area contributed by atoms with Crippen molar-refractivity contribution in [1.82, 2.24) is 10.2 Å². The Balaban J connectivity index is 1.53. The van der Waals surface area contributed by atoms with Crippen LogP contribution in [0.5, 0.6) is 0 Å². The smallest absolute Gasteiger partial charge is 0.234 e. The number of rotatable bonds is 5. The Morgan fingerprint density at radius 3 is 2.92 bits per heavy atom. The van der Waals surface area contributed by atoms with Gasteiger partial charge in [-0.3, -0.25) is 9.69 Å². The van der Waals surface area contributed by atoms with Crippen LogP contribution in [0.15, 0.2) is 24.3 Å². The fourth-order valence-corrected chi connectivity index (χ4v) is 4.02. The zero-order valence-electron chi connectivity index (χ0n) is 15.3. The van der Waals surface area contributed by atoms with Crippen molar-refractivity contribution in [2.24, 2.45) is 5.92 Å². The SMILES string of the molecule is CC1(O)CCOCC1C1CCCN1CC(=O)NCc1ccc(C#N)cc1. The van der Waals surface area contributed by atoms with Gasteiger partial charge >= 0.3 is 0 Å². The quantitative estimate of drug-likeness (QED) is 0.833. The number of hydrogen-bond acceptors (Lipinski definition) is 5. The predicted molar refractivity (Wildman–Crippen MR) is 97.1 cm³/mol. The molecule has 2 saturated heterocycles. The molecule has 2 fully saturated rings. The summed E-state index contributed by atoms with van der Waals surface area (Å²) < 4.78 is 5.60. The lowest BCUT2D eigenvalue weighted by molar-refractivity contribution is -0.132. The number of carbonyl (C=O) groups excluding carboxylic acids is 1. The Bertz CT molecular complexity index is 666. The number of aliphatic hydroxyl groups is 1. The largest absolute Gasteiger partial charge is 0.390 e. The van der Waals surface area contributed by atoms with Crippen LogP contribution in [-0.2, 0) is 16.1 Å². The molecule has 1 amide bonds. The molecule has 0 radical (unpaired) electrons. The zero-order valence-corrected chi connectivity index (χ0v) is 15.3. The van der Waals surface area contributed by atoms with Gasteiger partial charge in [0.1, 0.15) is 0 Å². The van der Waals surface area contributed by atoms with Gasteiger partial charge in [0, 0.05) is 25.1 Å². The minimum absolute atomic E-state index is 0.0161. The molecular formula is C20H27N3O3. The summed E-state index contributed by atoms with van der Waals surface area (Å²) in [6.45, 7) is 4.71. The van der Waals surface area contributed by atoms with Crippen molar-refractivity contribution in [3.05, 3.63) is 35.4 Å². The van der Waals surface area contributed by atoms with Gasteiger partial charge in [0.05, 0.1) is 30.4 Å². The van der Waals surface area contributed by atoms with Crippen molar-refractivity contribution in [1.29, 1.82) is 5.26 Å². The molecule has 0 bridgehead atoms. The van der Waals surface area contributed by atoms with Crippen LogP contribution in [0.4, 0.5) is 0 Å². The molecular weight excluding hydrogens is 330 g/mol. The minimum Gasteiger partial charge on any atom is -0.390 e. The molecule has 3 unspecified atom stereocenters. The first-order valence-electron chi connectivity index (χ1n) is 9.29. The molecule has 2 aliphatic rings. The maximum Gasteiger partial charge on any atom is 0.234 e. The Hall–Kier alpha value is -1.94. The van der Waals surface area contributed by atoms with Crippen LogP contribution < -0.4 is 5.32 Å². The van der Waals surface area contributed by atoms with E-state index in [9.17, 15) is 9.90 Å². The maximum absolute atomic E-state index is 12.4. The summed E-state index contributed by atoms with van der Waals surface area (Å²) in [7, 11) is 0. The topological polar surface area (TPSA) is 85.6 Å². The minimum atomic E-state index is -0.732. The number of carbonyl (C=O) groups is 1. The van der Waals surface area contributed by atoms with E-state index in [0.717, 1.165) is 24.9 Å². The van der Waals surface area contributed by atoms with E-state index >= 15 is 0 Å². The third-order valence-corrected chi connectivity index (χ3v) is 5.65. The second kappa shape index (κ2) is 8.17. The van der Waals surface area contributed by atoms with Crippen molar-refractivity contribution in [3.8, 4) is 6.07 Å². The van der Waals surface area contributed by atoms with Gasteiger partial charge in [0.25, 0.3) is 0 Å². The van der Waals surface area contributed by atoms with Crippen molar-refractivity contribution in [2.75, 3.05) is 26.3 Å². The van der Waals surface area contributed by atoms with E-state index in [1.165, 1.54) is 0 Å². The molecule has 3 rings (SSSR count). The van der Waals surface area contributed by atoms with Crippen LogP contribution in [-0.4, -0.2) is 53.9 Å². The van der Waals surface area contributed by atoms with E-state index in [0.29, 0.717) is 38.3 Å². The number of ether oxygens (including phenoxy) is 1. The highest BCUT2D eigenvalue weighted by atomic mass is 16.5. The monoisotopic (exact) mass is 357 g/mol. The van der Waals surface area contributed by atoms with Gasteiger partial charge in [0.15, 0.2) is 0 Å². The fraction of sp³-hybridized carbons (Fsp3) is 0.600. The zero-order chi connectivity index (χ0) is 18.6. The molecule has 0 spiro atoms. The molecule has 6 heteroatoms. The normalized spacial score (nSPS) is 29.3. The molecule has 140 valence electrons. The van der Waals surface area contributed by atoms with E-state index in [1.54, 1.807) is 12.1 Å². The van der Waals surface area contributed by atoms with E-state index in [4.69, 9.17) is 10.00 Å². The number of hydrogen-bond donors (Lipinski definition) is 2. The molecule has 2 aliphatic heterocycles. The molecule has 6 nitrogen and oxygen atoms in total. The van der Waals surface area contributed by atoms with E-state index < -0.39 is 5.60 Å². The number of likely N-dealkylation sites (tertiary alicyclic amines) is 1. The van der Waals surface area contributed by atoms with Gasteiger partial charge in [-0.05, 0) is 50.4 Å². The molecule has 0 saturated carbocycles. The summed E-state index contributed by atoms with van der Waals surface area (Å²) in [5.41, 5.74) is 0.852. The number of nitriles is 1. The average molecular weight is 357 g/mol. The van der Waals surface area contributed by atoms with Crippen LogP contribution >= 0.6 is 0 Å². The predicted octanol–water partition coefficient (Wildman–Crippen LogP) is 1.43. The van der Waals surface area contributed by atoms with Crippen molar-refractivity contribution < 1.29 is 14.6 Å². The molecule has 0 aromatic heterocycles. The van der Waals surface area contributed by atoms with Crippen molar-refractivity contribution in [2.45, 2.75) is 44.4 Å². The molecule has 3 atom stereocenters. The Labute approximate surface area is 154 Å². The van der Waals surface area contributed by atoms with Gasteiger partial charge < -0.3 is 15.2 Å². The summed E-state index contributed by atoms with van der Waals surface area (Å²) in [5.74, 6) is 0.0303. The first-order valence-corrected chi connectivity index (χ1v) is 9.29. The van der Waals surface area contributed by atoms with Crippen molar-refractivity contribution in [3.63, 3.8) is 0 Å². The van der Waals surface area contributed by atoms with E-state index in [-0.39, 0.29) is 17.9 Å². The second-order valence-corrected chi connectivity index (χ2v) is 7.55. The van der Waals surface area contributed by atoms with E-state index in [2.05, 4.69) is 16.3 Å². The molecule has 26 heavy (non-hydrogen) atoms. The van der Waals surface area contributed by atoms with Crippen molar-refractivity contribution >= 4 is 5.91 Å². The Morgan fingerprint density at radius 1 is 1.46 bits per heavy atom. The number of benzene rings is 1. The highest BCUT2D eigenvalue weighted by Gasteiger charge is 2.44. The maximum atomic E-state index is 12.4. The number of amides is 1. The molecule has 0 aliphatic carbocycles. The molecule has 1 aromatic rings. The van der Waals surface area contributed by atoms with Crippen LogP contribution in [0, 0.1) is 17.2 Å². The lowest BCUT2D eigenvalue weighted by atomic mass is 9.79. The van der Waals surface area contributed by atoms with Crippen LogP contribution in [0.1, 0.15) is 37.3 Å². The van der Waals surface area contributed by atoms with E-state index in [1.807, 2.05) is 19.1 Å². The second-order valence-electron chi connectivity index (χ2n) is 7.55. The summed E-state index contributed by atoms with van der Waals surface area (Å²) >= 11 is 0. The lowest BCUT2D eigenvalue weighted by Crippen LogP contribution is -2.53. The number of nitrogens with zero attached hydrogens (tertiary/aromatic N) is 2. The summed E-state index contributed by atoms with van der Waals surface area (Å²) in [6, 6.07) is 9.49. The highest BCUT2D eigenvalue weighted by molar-refractivity contribution is 5.78. The highest BCUT2D eigenvalue weighted by Crippen LogP contribution is 2.35. The summed E-state index contributed by atoms with van der Waals surface area (Å²) in [6.07, 6.45) is 2.68. The Morgan fingerprint density at radius 2 is 2.23 bits per heavy atom. The van der Waals surface area contributed by atoms with Gasteiger partial charge in [0.2, 0.25) is 5.91 Å². The van der Waals surface area contributed by atoms with Gasteiger partial charge in [-0.2, -0.15) is 5.26 Å². The fourth-order valence-electron chi connectivity index (χ4n) is 4.02. The van der Waals surface area contributed by atoms with Crippen LogP contribution in [0.2, 0.25) is 0 Å². The average Bonchev–Trinajstić information content (AvgIpc) is 3.07. The summed E-state index contributed by atoms with van der Waals surface area (Å²) in [4.78, 5) is 14.6. The van der Waals surface area contributed by atoms with Gasteiger partial charge in [-0.15, -0.1) is 0 Å². The lowest BCUT2D eigenvalue weighted by Gasteiger charge is -2.43. The number of nitrogens with one attached hydrogen (secondary N) is 1. The van der Waals surface area contributed by atoms with Gasteiger partial charge in [-0.1, -0.05) is 12.1 Å². The first kappa shape index (κ1) is 18.8. The molecule has 1 aromatic carbocycles. The Kier molecular flexibility index (Phi) is 5.92. The molecule has 2 heterocycles. The summed E-state index contributed by atoms with van der Waals surface area (Å²) in [5, 5.41) is 22.5. The molecule has 2 N–H and O–H groups in total. The van der Waals surface area contributed by atoms with Gasteiger partial charge in [-0.25, -0.2) is 0 Å². The first-order chi connectivity index (χ1) is 12.5.